The molecule has 2 aromatic rings. The normalized spacial score (nSPS) is 11.4. The Kier molecular flexibility index (Phi) is 5.64. The number of amides is 1. The van der Waals surface area contributed by atoms with Crippen LogP contribution in [0.3, 0.4) is 0 Å². The molecule has 24 heavy (non-hydrogen) atoms. The van der Waals surface area contributed by atoms with Crippen molar-refractivity contribution in [2.45, 2.75) is 6.04 Å². The van der Waals surface area contributed by atoms with Crippen LogP contribution < -0.4 is 5.32 Å². The molecular weight excluding hydrogens is 380 g/mol. The first kappa shape index (κ1) is 17.6. The lowest BCUT2D eigenvalue weighted by atomic mass is 10.1. The van der Waals surface area contributed by atoms with Crippen molar-refractivity contribution in [3.05, 3.63) is 74.2 Å². The van der Waals surface area contributed by atoms with Crippen molar-refractivity contribution in [1.82, 2.24) is 5.32 Å². The van der Waals surface area contributed by atoms with Gasteiger partial charge in [-0.1, -0.05) is 30.3 Å². The number of nitrogens with one attached hydrogen (secondary N) is 1. The molecule has 0 aliphatic rings. The summed E-state index contributed by atoms with van der Waals surface area (Å²) in [7, 11) is 1.22. The molecule has 2 rings (SSSR count). The van der Waals surface area contributed by atoms with E-state index in [0.717, 1.165) is 6.07 Å². The highest BCUT2D eigenvalue weighted by Gasteiger charge is 2.25. The van der Waals surface area contributed by atoms with Gasteiger partial charge in [-0.05, 0) is 33.6 Å². The first-order valence-corrected chi connectivity index (χ1v) is 7.61. The Bertz CT molecular complexity index is 779. The first-order chi connectivity index (χ1) is 11.4. The summed E-state index contributed by atoms with van der Waals surface area (Å²) in [6.45, 7) is 0. The molecular formula is C16H13BrN2O5. The van der Waals surface area contributed by atoms with Gasteiger partial charge in [-0.15, -0.1) is 0 Å². The summed E-state index contributed by atoms with van der Waals surface area (Å²) in [4.78, 5) is 34.7. The molecule has 1 N–H and O–H groups in total. The van der Waals surface area contributed by atoms with Gasteiger partial charge in [0, 0.05) is 11.6 Å². The van der Waals surface area contributed by atoms with E-state index in [4.69, 9.17) is 4.74 Å². The average molecular weight is 393 g/mol. The summed E-state index contributed by atoms with van der Waals surface area (Å²) < 4.78 is 4.98. The SMILES string of the molecule is COC(=O)C(NC(=O)c1ccc(Br)c([N+](=O)[O-])c1)c1ccccc1. The number of methoxy groups -OCH3 is 1. The monoisotopic (exact) mass is 392 g/mol. The van der Waals surface area contributed by atoms with Gasteiger partial charge in [0.15, 0.2) is 6.04 Å². The molecule has 0 saturated carbocycles. The highest BCUT2D eigenvalue weighted by molar-refractivity contribution is 9.10. The van der Waals surface area contributed by atoms with Gasteiger partial charge in [-0.3, -0.25) is 14.9 Å². The fourth-order valence-electron chi connectivity index (χ4n) is 2.05. The van der Waals surface area contributed by atoms with Gasteiger partial charge >= 0.3 is 5.97 Å². The topological polar surface area (TPSA) is 98.5 Å². The van der Waals surface area contributed by atoms with Crippen LogP contribution in [0.25, 0.3) is 0 Å². The number of carbonyl (C=O) groups excluding carboxylic acids is 2. The molecule has 0 radical (unpaired) electrons. The first-order valence-electron chi connectivity index (χ1n) is 6.81. The molecule has 0 fully saturated rings. The van der Waals surface area contributed by atoms with E-state index in [1.54, 1.807) is 30.3 Å². The molecule has 2 aromatic carbocycles. The lowest BCUT2D eigenvalue weighted by Gasteiger charge is -2.17. The highest BCUT2D eigenvalue weighted by atomic mass is 79.9. The number of benzene rings is 2. The zero-order chi connectivity index (χ0) is 17.7. The third-order valence-corrected chi connectivity index (χ3v) is 3.92. The number of nitro groups is 1. The zero-order valence-electron chi connectivity index (χ0n) is 12.6. The van der Waals surface area contributed by atoms with Crippen LogP contribution in [-0.2, 0) is 9.53 Å². The molecule has 1 atom stereocenters. The molecule has 0 bridgehead atoms. The molecule has 0 saturated heterocycles. The Hall–Kier alpha value is -2.74. The smallest absolute Gasteiger partial charge is 0.333 e. The fourth-order valence-corrected chi connectivity index (χ4v) is 2.44. The molecule has 0 spiro atoms. The lowest BCUT2D eigenvalue weighted by molar-refractivity contribution is -0.385. The highest BCUT2D eigenvalue weighted by Crippen LogP contribution is 2.26. The molecule has 0 aliphatic carbocycles. The molecule has 1 unspecified atom stereocenters. The number of nitrogens with zero attached hydrogens (tertiary/aromatic N) is 1. The number of halogens is 1. The second kappa shape index (κ2) is 7.69. The van der Waals surface area contributed by atoms with E-state index < -0.39 is 22.8 Å². The van der Waals surface area contributed by atoms with Crippen LogP contribution in [0.1, 0.15) is 22.0 Å². The third kappa shape index (κ3) is 3.96. The Morgan fingerprint density at radius 1 is 1.21 bits per heavy atom. The van der Waals surface area contributed by atoms with Gasteiger partial charge in [0.05, 0.1) is 16.5 Å². The van der Waals surface area contributed by atoms with Crippen molar-refractivity contribution < 1.29 is 19.2 Å². The zero-order valence-corrected chi connectivity index (χ0v) is 14.1. The van der Waals surface area contributed by atoms with Gasteiger partial charge in [0.2, 0.25) is 0 Å². The van der Waals surface area contributed by atoms with Crippen molar-refractivity contribution in [1.29, 1.82) is 0 Å². The maximum Gasteiger partial charge on any atom is 0.333 e. The summed E-state index contributed by atoms with van der Waals surface area (Å²) in [6.07, 6.45) is 0. The molecule has 0 aromatic heterocycles. The molecule has 0 aliphatic heterocycles. The predicted molar refractivity (Wildman–Crippen MR) is 89.5 cm³/mol. The summed E-state index contributed by atoms with van der Waals surface area (Å²) in [5.74, 6) is -1.26. The van der Waals surface area contributed by atoms with E-state index in [1.807, 2.05) is 0 Å². The minimum atomic E-state index is -1.01. The summed E-state index contributed by atoms with van der Waals surface area (Å²) in [5.41, 5.74) is 0.371. The van der Waals surface area contributed by atoms with Gasteiger partial charge < -0.3 is 10.1 Å². The van der Waals surface area contributed by atoms with Crippen LogP contribution in [0.4, 0.5) is 5.69 Å². The molecule has 124 valence electrons. The summed E-state index contributed by atoms with van der Waals surface area (Å²) in [5, 5.41) is 13.5. The van der Waals surface area contributed by atoms with E-state index in [9.17, 15) is 19.7 Å². The third-order valence-electron chi connectivity index (χ3n) is 3.25. The quantitative estimate of drug-likeness (QED) is 0.478. The second-order valence-corrected chi connectivity index (χ2v) is 5.62. The Balaban J connectivity index is 2.30. The van der Waals surface area contributed by atoms with E-state index >= 15 is 0 Å². The van der Waals surface area contributed by atoms with Gasteiger partial charge in [-0.2, -0.15) is 0 Å². The number of nitro benzene ring substituents is 1. The van der Waals surface area contributed by atoms with Gasteiger partial charge in [-0.25, -0.2) is 4.79 Å². The van der Waals surface area contributed by atoms with Crippen LogP contribution in [0.2, 0.25) is 0 Å². The van der Waals surface area contributed by atoms with Crippen LogP contribution in [0.5, 0.6) is 0 Å². The second-order valence-electron chi connectivity index (χ2n) is 4.76. The number of hydrogen-bond acceptors (Lipinski definition) is 5. The largest absolute Gasteiger partial charge is 0.467 e. The number of esters is 1. The van der Waals surface area contributed by atoms with Crippen molar-refractivity contribution in [2.24, 2.45) is 0 Å². The minimum Gasteiger partial charge on any atom is -0.467 e. The van der Waals surface area contributed by atoms with E-state index in [-0.39, 0.29) is 15.7 Å². The molecule has 1 amide bonds. The minimum absolute atomic E-state index is 0.0646. The maximum atomic E-state index is 12.4. The molecule has 7 nitrogen and oxygen atoms in total. The van der Waals surface area contributed by atoms with Crippen molar-refractivity contribution in [2.75, 3.05) is 7.11 Å². The lowest BCUT2D eigenvalue weighted by Crippen LogP contribution is -2.34. The van der Waals surface area contributed by atoms with Gasteiger partial charge in [0.25, 0.3) is 11.6 Å². The van der Waals surface area contributed by atoms with Crippen LogP contribution in [0.15, 0.2) is 53.0 Å². The number of hydrogen-bond donors (Lipinski definition) is 1. The van der Waals surface area contributed by atoms with Crippen molar-refractivity contribution >= 4 is 33.5 Å². The van der Waals surface area contributed by atoms with Crippen molar-refractivity contribution in [3.8, 4) is 0 Å². The average Bonchev–Trinajstić information content (AvgIpc) is 2.59. The maximum absolute atomic E-state index is 12.4. The Morgan fingerprint density at radius 2 is 1.88 bits per heavy atom. The summed E-state index contributed by atoms with van der Waals surface area (Å²) >= 11 is 3.05. The van der Waals surface area contributed by atoms with E-state index in [1.165, 1.54) is 19.2 Å². The fraction of sp³-hybridized carbons (Fsp3) is 0.125. The van der Waals surface area contributed by atoms with Gasteiger partial charge in [0.1, 0.15) is 0 Å². The number of carbonyl (C=O) groups is 2. The van der Waals surface area contributed by atoms with Crippen LogP contribution in [0, 0.1) is 10.1 Å². The van der Waals surface area contributed by atoms with Crippen LogP contribution in [-0.4, -0.2) is 23.9 Å². The predicted octanol–water partition coefficient (Wildman–Crippen LogP) is 3.00. The van der Waals surface area contributed by atoms with Crippen LogP contribution >= 0.6 is 15.9 Å². The van der Waals surface area contributed by atoms with Crippen molar-refractivity contribution in [3.63, 3.8) is 0 Å². The van der Waals surface area contributed by atoms with E-state index in [2.05, 4.69) is 21.2 Å². The Labute approximate surface area is 145 Å². The number of ether oxygens (including phenoxy) is 1. The standard InChI is InChI=1S/C16H13BrN2O5/c1-24-16(21)14(10-5-3-2-4-6-10)18-15(20)11-7-8-12(17)13(9-11)19(22)23/h2-9,14H,1H3,(H,18,20). The number of rotatable bonds is 5. The van der Waals surface area contributed by atoms with E-state index in [0.29, 0.717) is 5.56 Å². The summed E-state index contributed by atoms with van der Waals surface area (Å²) in [6, 6.07) is 11.5. The molecule has 8 heteroatoms. The molecule has 0 heterocycles. The Morgan fingerprint density at radius 3 is 2.46 bits per heavy atom.